The van der Waals surface area contributed by atoms with Crippen molar-refractivity contribution < 1.29 is 27.4 Å². The Morgan fingerprint density at radius 2 is 1.44 bits per heavy atom. The molecule has 0 aromatic heterocycles. The number of hydrogen-bond donors (Lipinski definition) is 0. The molecule has 0 N–H and O–H groups in total. The highest BCUT2D eigenvalue weighted by Crippen LogP contribution is 2.52. The molecule has 2 amide bonds. The number of hydrogen-bond acceptors (Lipinski definition) is 7. The van der Waals surface area contributed by atoms with Gasteiger partial charge >= 0.3 is 8.80 Å². The Labute approximate surface area is 215 Å². The van der Waals surface area contributed by atoms with E-state index in [1.54, 1.807) is 24.3 Å². The predicted octanol–water partition coefficient (Wildman–Crippen LogP) is 4.99. The van der Waals surface area contributed by atoms with Crippen molar-refractivity contribution in [2.24, 2.45) is 11.1 Å². The summed E-state index contributed by atoms with van der Waals surface area (Å²) in [6.45, 7) is 18.1. The molecule has 0 spiro atoms. The minimum absolute atomic E-state index is 0.0248. The molecule has 36 heavy (non-hydrogen) atoms. The fourth-order valence-electron chi connectivity index (χ4n) is 6.92. The van der Waals surface area contributed by atoms with E-state index >= 15 is 0 Å². The Kier molecular flexibility index (Phi) is 6.35. The van der Waals surface area contributed by atoms with Gasteiger partial charge in [0.25, 0.3) is 11.8 Å². The van der Waals surface area contributed by atoms with E-state index in [0.717, 1.165) is 0 Å². The van der Waals surface area contributed by atoms with Crippen LogP contribution in [0.2, 0.25) is 22.2 Å². The summed E-state index contributed by atoms with van der Waals surface area (Å²) in [7, 11) is -5.54. The van der Waals surface area contributed by atoms with E-state index < -0.39 is 29.3 Å². The third-order valence-corrected chi connectivity index (χ3v) is 19.2. The van der Waals surface area contributed by atoms with Crippen molar-refractivity contribution in [1.82, 2.24) is 4.90 Å². The molecule has 2 fully saturated rings. The number of rotatable bonds is 7. The molecule has 1 aliphatic carbocycles. The first-order valence-corrected chi connectivity index (χ1v) is 17.1. The molecule has 8 nitrogen and oxygen atoms in total. The van der Waals surface area contributed by atoms with E-state index in [9.17, 15) is 9.59 Å². The van der Waals surface area contributed by atoms with E-state index in [1.165, 1.54) is 4.90 Å². The van der Waals surface area contributed by atoms with Crippen LogP contribution in [0.1, 0.15) is 76.1 Å². The molecular formula is C26H38N2O6Si2. The van der Waals surface area contributed by atoms with Crippen molar-refractivity contribution in [2.75, 3.05) is 6.61 Å². The lowest BCUT2D eigenvalue weighted by Gasteiger charge is -2.47. The van der Waals surface area contributed by atoms with Crippen LogP contribution < -0.4 is 0 Å². The maximum Gasteiger partial charge on any atom is 0.494 e. The average Bonchev–Trinajstić information content (AvgIpc) is 3.54. The maximum atomic E-state index is 13.5. The first-order valence-electron chi connectivity index (χ1n) is 13.2. The molecule has 5 atom stereocenters. The number of carbonyl (C=O) groups excluding carboxylic acids is 2. The third-order valence-electron chi connectivity index (χ3n) is 8.58. The van der Waals surface area contributed by atoms with Gasteiger partial charge < -0.3 is 17.8 Å². The van der Waals surface area contributed by atoms with Gasteiger partial charge in [-0.25, -0.2) is 0 Å². The van der Waals surface area contributed by atoms with Gasteiger partial charge in [-0.05, 0) is 28.8 Å². The van der Waals surface area contributed by atoms with Crippen LogP contribution >= 0.6 is 0 Å². The number of amides is 2. The molecule has 1 aromatic rings. The highest BCUT2D eigenvalue weighted by atomic mass is 28.5. The standard InChI is InChI=1S/C26H38N2O6Si2/c1-14(2)35(15(3)4,16(5)6)34-36(17(7)8)32-23-20-13-31-27-21(20)22(24(23)33-36)28-25(29)18-11-9-10-12-19(18)26(28)30/h9-12,14-17,20,22-24H,13H2,1-8H3. The largest absolute Gasteiger partial charge is 0.494 e. The second-order valence-corrected chi connectivity index (χ2v) is 20.6. The summed E-state index contributed by atoms with van der Waals surface area (Å²) in [5.74, 6) is -0.814. The van der Waals surface area contributed by atoms with Gasteiger partial charge in [0, 0.05) is 5.54 Å². The van der Waals surface area contributed by atoms with Crippen LogP contribution in [0.4, 0.5) is 0 Å². The van der Waals surface area contributed by atoms with Crippen LogP contribution in [0.15, 0.2) is 29.4 Å². The first kappa shape index (κ1) is 25.8. The van der Waals surface area contributed by atoms with Gasteiger partial charge in [0.05, 0.1) is 28.9 Å². The van der Waals surface area contributed by atoms with Crippen LogP contribution in [-0.4, -0.2) is 64.4 Å². The lowest BCUT2D eigenvalue weighted by Crippen LogP contribution is -2.60. The zero-order chi connectivity index (χ0) is 26.2. The lowest BCUT2D eigenvalue weighted by atomic mass is 10.1. The van der Waals surface area contributed by atoms with Gasteiger partial charge in [-0.15, -0.1) is 0 Å². The van der Waals surface area contributed by atoms with E-state index in [0.29, 0.717) is 40.1 Å². The van der Waals surface area contributed by atoms with Crippen molar-refractivity contribution in [2.45, 2.75) is 95.8 Å². The van der Waals surface area contributed by atoms with Crippen LogP contribution in [0.5, 0.6) is 0 Å². The van der Waals surface area contributed by atoms with Gasteiger partial charge in [0.2, 0.25) is 0 Å². The van der Waals surface area contributed by atoms with Gasteiger partial charge in [0.1, 0.15) is 18.8 Å². The average molecular weight is 531 g/mol. The van der Waals surface area contributed by atoms with Gasteiger partial charge in [0.15, 0.2) is 8.32 Å². The SMILES string of the molecule is CC(C)[Si]1(O[Si](C(C)C)(C(C)C)C(C)C)OC2C3CON=C3C(N3C(=O)c4ccccc4C3=O)C2O1. The maximum absolute atomic E-state index is 13.5. The summed E-state index contributed by atoms with van der Waals surface area (Å²) >= 11 is 0. The molecule has 196 valence electrons. The molecule has 5 unspecified atom stereocenters. The number of fused-ring (bicyclic) bond motifs is 4. The number of nitrogens with zero attached hydrogens (tertiary/aromatic N) is 2. The van der Waals surface area contributed by atoms with Crippen molar-refractivity contribution in [3.05, 3.63) is 35.4 Å². The molecule has 0 radical (unpaired) electrons. The summed E-state index contributed by atoms with van der Waals surface area (Å²) < 4.78 is 21.2. The van der Waals surface area contributed by atoms with Crippen molar-refractivity contribution in [3.63, 3.8) is 0 Å². The zero-order valence-corrected chi connectivity index (χ0v) is 24.5. The van der Waals surface area contributed by atoms with E-state index in [1.807, 2.05) is 0 Å². The number of benzene rings is 1. The normalized spacial score (nSPS) is 31.6. The Morgan fingerprint density at radius 1 is 0.917 bits per heavy atom. The third kappa shape index (κ3) is 3.44. The van der Waals surface area contributed by atoms with Crippen molar-refractivity contribution >= 4 is 34.6 Å². The fraction of sp³-hybridized carbons (Fsp3) is 0.654. The highest BCUT2D eigenvalue weighted by molar-refractivity contribution is 6.85. The summed E-state index contributed by atoms with van der Waals surface area (Å²) in [5.41, 5.74) is 2.61. The van der Waals surface area contributed by atoms with E-state index in [2.05, 4.69) is 60.5 Å². The van der Waals surface area contributed by atoms with E-state index in [4.69, 9.17) is 17.8 Å². The van der Waals surface area contributed by atoms with Gasteiger partial charge in [-0.3, -0.25) is 14.5 Å². The van der Waals surface area contributed by atoms with E-state index in [-0.39, 0.29) is 29.4 Å². The smallest absolute Gasteiger partial charge is 0.414 e. The predicted molar refractivity (Wildman–Crippen MR) is 140 cm³/mol. The highest BCUT2D eigenvalue weighted by Gasteiger charge is 2.70. The Bertz CT molecular complexity index is 1050. The molecule has 0 bridgehead atoms. The molecule has 1 aromatic carbocycles. The minimum Gasteiger partial charge on any atom is -0.414 e. The van der Waals surface area contributed by atoms with Crippen LogP contribution in [0, 0.1) is 5.92 Å². The second-order valence-electron chi connectivity index (χ2n) is 11.7. The Balaban J connectivity index is 1.55. The molecule has 10 heteroatoms. The Morgan fingerprint density at radius 3 is 1.94 bits per heavy atom. The minimum atomic E-state index is -3.20. The number of imide groups is 1. The number of carbonyl (C=O) groups is 2. The summed E-state index contributed by atoms with van der Waals surface area (Å²) in [4.78, 5) is 33.7. The fourth-order valence-corrected chi connectivity index (χ4v) is 19.0. The lowest BCUT2D eigenvalue weighted by molar-refractivity contribution is 0.0439. The van der Waals surface area contributed by atoms with Crippen molar-refractivity contribution in [3.8, 4) is 0 Å². The van der Waals surface area contributed by atoms with Crippen molar-refractivity contribution in [1.29, 1.82) is 0 Å². The quantitative estimate of drug-likeness (QED) is 0.365. The molecular weight excluding hydrogens is 492 g/mol. The first-order chi connectivity index (χ1) is 17.0. The summed E-state index contributed by atoms with van der Waals surface area (Å²) in [6.07, 6.45) is -0.889. The number of oxime groups is 1. The van der Waals surface area contributed by atoms with Crippen LogP contribution in [-0.2, 0) is 17.8 Å². The van der Waals surface area contributed by atoms with Crippen LogP contribution in [0.25, 0.3) is 0 Å². The molecule has 1 saturated carbocycles. The van der Waals surface area contributed by atoms with Crippen LogP contribution in [0.3, 0.4) is 0 Å². The molecule has 5 rings (SSSR count). The Hall–Kier alpha value is -1.86. The van der Waals surface area contributed by atoms with Gasteiger partial charge in [-0.1, -0.05) is 72.7 Å². The topological polar surface area (TPSA) is 86.7 Å². The molecule has 4 aliphatic rings. The zero-order valence-electron chi connectivity index (χ0n) is 22.5. The monoisotopic (exact) mass is 530 g/mol. The molecule has 1 saturated heterocycles. The molecule has 3 aliphatic heterocycles. The summed E-state index contributed by atoms with van der Waals surface area (Å²) in [5, 5.41) is 4.28. The van der Waals surface area contributed by atoms with Gasteiger partial charge in [-0.2, -0.15) is 0 Å². The molecule has 3 heterocycles. The summed E-state index contributed by atoms with van der Waals surface area (Å²) in [6, 6.07) is 6.28. The second kappa shape index (κ2) is 8.87.